The zero-order valence-corrected chi connectivity index (χ0v) is 12.5. The minimum Gasteiger partial charge on any atom is -0.497 e. The Kier molecular flexibility index (Phi) is 3.58. The molecule has 0 saturated heterocycles. The average Bonchev–Trinajstić information content (AvgIpc) is 2.93. The highest BCUT2D eigenvalue weighted by atomic mass is 32.1. The first-order chi connectivity index (χ1) is 10.2. The van der Waals surface area contributed by atoms with Crippen LogP contribution in [-0.4, -0.2) is 18.0 Å². The highest BCUT2D eigenvalue weighted by molar-refractivity contribution is 7.12. The number of aromatic nitrogens is 1. The fourth-order valence-corrected chi connectivity index (χ4v) is 2.91. The predicted octanol–water partition coefficient (Wildman–Crippen LogP) is 3.87. The Morgan fingerprint density at radius 2 is 2.14 bits per heavy atom. The van der Waals surface area contributed by atoms with Gasteiger partial charge in [0.1, 0.15) is 5.75 Å². The van der Waals surface area contributed by atoms with Gasteiger partial charge >= 0.3 is 0 Å². The van der Waals surface area contributed by atoms with Crippen LogP contribution in [-0.2, 0) is 0 Å². The number of methoxy groups -OCH3 is 1. The van der Waals surface area contributed by atoms with Gasteiger partial charge in [-0.2, -0.15) is 0 Å². The molecule has 2 aromatic heterocycles. The number of aryl methyl sites for hydroxylation is 1. The summed E-state index contributed by atoms with van der Waals surface area (Å²) in [6.07, 6.45) is 1.66. The van der Waals surface area contributed by atoms with Crippen molar-refractivity contribution >= 4 is 33.8 Å². The minimum absolute atomic E-state index is 0.0999. The summed E-state index contributed by atoms with van der Waals surface area (Å²) in [7, 11) is 1.62. The van der Waals surface area contributed by atoms with Gasteiger partial charge in [0.25, 0.3) is 5.91 Å². The molecule has 0 atom stereocenters. The number of carbonyl (C=O) groups is 1. The number of rotatable bonds is 3. The molecule has 0 unspecified atom stereocenters. The molecule has 0 spiro atoms. The maximum absolute atomic E-state index is 12.2. The first kappa shape index (κ1) is 13.6. The molecule has 3 aromatic rings. The van der Waals surface area contributed by atoms with Crippen LogP contribution in [0.25, 0.3) is 10.9 Å². The van der Waals surface area contributed by atoms with Crippen molar-refractivity contribution in [2.45, 2.75) is 6.92 Å². The van der Waals surface area contributed by atoms with Crippen molar-refractivity contribution in [2.24, 2.45) is 0 Å². The van der Waals surface area contributed by atoms with Gasteiger partial charge in [0.15, 0.2) is 0 Å². The number of fused-ring (bicyclic) bond motifs is 1. The first-order valence-electron chi connectivity index (χ1n) is 6.46. The van der Waals surface area contributed by atoms with Crippen molar-refractivity contribution in [1.82, 2.24) is 4.98 Å². The standard InChI is InChI=1S/C16H14N2O2S/c1-10-5-6-21-15(10)16(19)18-12-7-11-3-4-13(20-2)8-14(11)17-9-12/h3-9H,1-2H3,(H,18,19). The zero-order valence-electron chi connectivity index (χ0n) is 11.7. The van der Waals surface area contributed by atoms with Crippen LogP contribution in [0.5, 0.6) is 5.75 Å². The van der Waals surface area contributed by atoms with E-state index in [2.05, 4.69) is 10.3 Å². The Balaban J connectivity index is 1.88. The van der Waals surface area contributed by atoms with Crippen LogP contribution >= 0.6 is 11.3 Å². The number of hydrogen-bond donors (Lipinski definition) is 1. The summed E-state index contributed by atoms with van der Waals surface area (Å²) in [5.41, 5.74) is 2.50. The fraction of sp³-hybridized carbons (Fsp3) is 0.125. The number of hydrogen-bond acceptors (Lipinski definition) is 4. The number of anilines is 1. The largest absolute Gasteiger partial charge is 0.497 e. The maximum atomic E-state index is 12.2. The van der Waals surface area contributed by atoms with E-state index in [1.54, 1.807) is 13.3 Å². The lowest BCUT2D eigenvalue weighted by Crippen LogP contribution is -2.11. The molecule has 0 aliphatic rings. The van der Waals surface area contributed by atoms with Gasteiger partial charge in [-0.15, -0.1) is 11.3 Å². The third kappa shape index (κ3) is 2.73. The molecule has 0 saturated carbocycles. The molecule has 4 nitrogen and oxygen atoms in total. The van der Waals surface area contributed by atoms with Gasteiger partial charge in [-0.25, -0.2) is 0 Å². The molecule has 1 aromatic carbocycles. The quantitative estimate of drug-likeness (QED) is 0.798. The van der Waals surface area contributed by atoms with E-state index in [0.717, 1.165) is 27.1 Å². The van der Waals surface area contributed by atoms with Crippen molar-refractivity contribution in [1.29, 1.82) is 0 Å². The molecule has 21 heavy (non-hydrogen) atoms. The average molecular weight is 298 g/mol. The SMILES string of the molecule is COc1ccc2cc(NC(=O)c3sccc3C)cnc2c1. The van der Waals surface area contributed by atoms with Crippen molar-refractivity contribution in [3.05, 3.63) is 52.3 Å². The molecule has 3 rings (SSSR count). The highest BCUT2D eigenvalue weighted by Gasteiger charge is 2.11. The number of nitrogens with one attached hydrogen (secondary N) is 1. The smallest absolute Gasteiger partial charge is 0.266 e. The number of thiophene rings is 1. The summed E-state index contributed by atoms with van der Waals surface area (Å²) in [5.74, 6) is 0.665. The fourth-order valence-electron chi connectivity index (χ4n) is 2.09. The van der Waals surface area contributed by atoms with E-state index in [1.165, 1.54) is 11.3 Å². The van der Waals surface area contributed by atoms with Gasteiger partial charge in [-0.05, 0) is 42.1 Å². The summed E-state index contributed by atoms with van der Waals surface area (Å²) < 4.78 is 5.17. The number of pyridine rings is 1. The number of benzene rings is 1. The van der Waals surface area contributed by atoms with Crippen molar-refractivity contribution in [3.8, 4) is 5.75 Å². The summed E-state index contributed by atoms with van der Waals surface area (Å²) in [5, 5.41) is 5.75. The summed E-state index contributed by atoms with van der Waals surface area (Å²) in [6.45, 7) is 1.93. The zero-order chi connectivity index (χ0) is 14.8. The highest BCUT2D eigenvalue weighted by Crippen LogP contribution is 2.23. The first-order valence-corrected chi connectivity index (χ1v) is 7.34. The predicted molar refractivity (Wildman–Crippen MR) is 85.3 cm³/mol. The molecule has 0 bridgehead atoms. The van der Waals surface area contributed by atoms with Gasteiger partial charge in [-0.3, -0.25) is 9.78 Å². The summed E-state index contributed by atoms with van der Waals surface area (Å²) in [6, 6.07) is 9.50. The molecule has 1 N–H and O–H groups in total. The molecule has 5 heteroatoms. The van der Waals surface area contributed by atoms with E-state index in [-0.39, 0.29) is 5.91 Å². The Hall–Kier alpha value is -2.40. The normalized spacial score (nSPS) is 10.6. The number of nitrogens with zero attached hydrogens (tertiary/aromatic N) is 1. The monoisotopic (exact) mass is 298 g/mol. The lowest BCUT2D eigenvalue weighted by Gasteiger charge is -2.06. The Bertz CT molecular complexity index is 811. The number of carbonyl (C=O) groups excluding carboxylic acids is 1. The molecule has 0 radical (unpaired) electrons. The van der Waals surface area contributed by atoms with E-state index in [4.69, 9.17) is 4.74 Å². The van der Waals surface area contributed by atoms with Gasteiger partial charge in [0.2, 0.25) is 0 Å². The minimum atomic E-state index is -0.0999. The van der Waals surface area contributed by atoms with E-state index in [0.29, 0.717) is 5.69 Å². The van der Waals surface area contributed by atoms with Gasteiger partial charge < -0.3 is 10.1 Å². The molecule has 2 heterocycles. The van der Waals surface area contributed by atoms with Crippen LogP contribution in [0.1, 0.15) is 15.2 Å². The third-order valence-electron chi connectivity index (χ3n) is 3.22. The topological polar surface area (TPSA) is 51.2 Å². The molecular formula is C16H14N2O2S. The van der Waals surface area contributed by atoms with Crippen LogP contribution in [0.4, 0.5) is 5.69 Å². The van der Waals surface area contributed by atoms with Crippen LogP contribution in [0.3, 0.4) is 0 Å². The summed E-state index contributed by atoms with van der Waals surface area (Å²) >= 11 is 1.44. The van der Waals surface area contributed by atoms with Gasteiger partial charge in [0.05, 0.1) is 29.4 Å². The third-order valence-corrected chi connectivity index (χ3v) is 4.23. The van der Waals surface area contributed by atoms with Gasteiger partial charge in [0, 0.05) is 11.5 Å². The van der Waals surface area contributed by atoms with E-state index < -0.39 is 0 Å². The second-order valence-corrected chi connectivity index (χ2v) is 5.59. The van der Waals surface area contributed by atoms with Crippen LogP contribution in [0, 0.1) is 6.92 Å². The molecule has 0 aliphatic carbocycles. The van der Waals surface area contributed by atoms with Crippen molar-refractivity contribution in [3.63, 3.8) is 0 Å². The molecule has 0 aliphatic heterocycles. The van der Waals surface area contributed by atoms with Crippen molar-refractivity contribution < 1.29 is 9.53 Å². The van der Waals surface area contributed by atoms with Crippen LogP contribution in [0.15, 0.2) is 41.9 Å². The lowest BCUT2D eigenvalue weighted by molar-refractivity contribution is 0.103. The Morgan fingerprint density at radius 3 is 2.86 bits per heavy atom. The lowest BCUT2D eigenvalue weighted by atomic mass is 10.2. The van der Waals surface area contributed by atoms with Crippen LogP contribution in [0.2, 0.25) is 0 Å². The number of amides is 1. The van der Waals surface area contributed by atoms with E-state index >= 15 is 0 Å². The molecular weight excluding hydrogens is 284 g/mol. The molecule has 106 valence electrons. The second kappa shape index (κ2) is 5.54. The van der Waals surface area contributed by atoms with E-state index in [9.17, 15) is 4.79 Å². The van der Waals surface area contributed by atoms with Gasteiger partial charge in [-0.1, -0.05) is 0 Å². The Morgan fingerprint density at radius 1 is 1.29 bits per heavy atom. The summed E-state index contributed by atoms with van der Waals surface area (Å²) in [4.78, 5) is 17.3. The maximum Gasteiger partial charge on any atom is 0.266 e. The number of ether oxygens (including phenoxy) is 1. The van der Waals surface area contributed by atoms with Crippen LogP contribution < -0.4 is 10.1 Å². The molecule has 0 fully saturated rings. The van der Waals surface area contributed by atoms with Crippen molar-refractivity contribution in [2.75, 3.05) is 12.4 Å². The second-order valence-electron chi connectivity index (χ2n) is 4.67. The van der Waals surface area contributed by atoms with E-state index in [1.807, 2.05) is 42.6 Å². The Labute approximate surface area is 126 Å². The molecule has 1 amide bonds.